The fraction of sp³-hybridized carbons (Fsp3) is 0.545. The molecule has 0 aliphatic rings. The van der Waals surface area contributed by atoms with E-state index < -0.39 is 5.97 Å². The Hall–Kier alpha value is -1.69. The lowest BCUT2D eigenvalue weighted by molar-refractivity contribution is 0.0695. The van der Waals surface area contributed by atoms with Crippen molar-refractivity contribution < 1.29 is 15.0 Å². The van der Waals surface area contributed by atoms with Gasteiger partial charge in [-0.3, -0.25) is 0 Å². The summed E-state index contributed by atoms with van der Waals surface area (Å²) in [6.07, 6.45) is 1.83. The molecule has 0 amide bonds. The number of rotatable bonds is 5. The molecule has 0 saturated carbocycles. The monoisotopic (exact) mass is 239 g/mol. The maximum atomic E-state index is 10.8. The molecule has 0 fully saturated rings. The lowest BCUT2D eigenvalue weighted by Crippen LogP contribution is -2.33. The molecule has 1 heterocycles. The van der Waals surface area contributed by atoms with E-state index in [2.05, 4.69) is 15.3 Å². The zero-order valence-corrected chi connectivity index (χ0v) is 10.2. The van der Waals surface area contributed by atoms with Gasteiger partial charge in [-0.15, -0.1) is 0 Å². The van der Waals surface area contributed by atoms with E-state index in [0.29, 0.717) is 18.1 Å². The summed E-state index contributed by atoms with van der Waals surface area (Å²) < 4.78 is 0. The Labute approximate surface area is 99.7 Å². The highest BCUT2D eigenvalue weighted by Gasteiger charge is 2.19. The molecule has 6 heteroatoms. The van der Waals surface area contributed by atoms with Gasteiger partial charge in [0.25, 0.3) is 0 Å². The fourth-order valence-electron chi connectivity index (χ4n) is 1.38. The molecule has 0 aliphatic carbocycles. The van der Waals surface area contributed by atoms with Crippen LogP contribution in [0.4, 0.5) is 5.95 Å². The number of nitrogens with one attached hydrogen (secondary N) is 1. The smallest absolute Gasteiger partial charge is 0.339 e. The van der Waals surface area contributed by atoms with Gasteiger partial charge in [-0.2, -0.15) is 0 Å². The summed E-state index contributed by atoms with van der Waals surface area (Å²) in [6, 6.07) is 0. The Morgan fingerprint density at radius 2 is 2.18 bits per heavy atom. The highest BCUT2D eigenvalue weighted by Crippen LogP contribution is 2.15. The third kappa shape index (κ3) is 3.67. The van der Waals surface area contributed by atoms with Gasteiger partial charge in [0.1, 0.15) is 0 Å². The molecule has 0 saturated heterocycles. The summed E-state index contributed by atoms with van der Waals surface area (Å²) in [7, 11) is 0. The first-order chi connectivity index (χ1) is 7.85. The summed E-state index contributed by atoms with van der Waals surface area (Å²) in [5, 5.41) is 20.8. The highest BCUT2D eigenvalue weighted by atomic mass is 16.4. The maximum Gasteiger partial charge on any atom is 0.339 e. The molecular formula is C11H17N3O3. The van der Waals surface area contributed by atoms with E-state index in [-0.39, 0.29) is 17.7 Å². The Kier molecular flexibility index (Phi) is 4.01. The first-order valence-corrected chi connectivity index (χ1v) is 5.32. The van der Waals surface area contributed by atoms with Crippen molar-refractivity contribution in [3.8, 4) is 0 Å². The maximum absolute atomic E-state index is 10.8. The number of hydrogen-bond acceptors (Lipinski definition) is 5. The van der Waals surface area contributed by atoms with Crippen LogP contribution < -0.4 is 5.32 Å². The Balaban J connectivity index is 2.88. The molecular weight excluding hydrogens is 222 g/mol. The molecule has 17 heavy (non-hydrogen) atoms. The zero-order valence-electron chi connectivity index (χ0n) is 10.2. The van der Waals surface area contributed by atoms with Gasteiger partial charge in [-0.1, -0.05) is 0 Å². The van der Waals surface area contributed by atoms with Gasteiger partial charge in [0, 0.05) is 18.3 Å². The van der Waals surface area contributed by atoms with Crippen LogP contribution in [-0.4, -0.2) is 38.3 Å². The molecule has 0 aliphatic heterocycles. The second kappa shape index (κ2) is 5.09. The minimum Gasteiger partial charge on any atom is -0.478 e. The summed E-state index contributed by atoms with van der Waals surface area (Å²) >= 11 is 0. The molecule has 0 aromatic carbocycles. The first-order valence-electron chi connectivity index (χ1n) is 5.32. The van der Waals surface area contributed by atoms with Gasteiger partial charge in [0.2, 0.25) is 5.95 Å². The number of aliphatic hydroxyl groups is 1. The standard InChI is InChI=1S/C11H17N3O3/c1-7-8(9(16)17)6-12-10(13-7)14-11(2,3)4-5-15/h6,15H,4-5H2,1-3H3,(H,16,17)(H,12,13,14). The lowest BCUT2D eigenvalue weighted by Gasteiger charge is -2.25. The average Bonchev–Trinajstić information content (AvgIpc) is 2.15. The van der Waals surface area contributed by atoms with Crippen LogP contribution in [0.15, 0.2) is 6.20 Å². The van der Waals surface area contributed by atoms with Crippen molar-refractivity contribution in [2.24, 2.45) is 0 Å². The largest absolute Gasteiger partial charge is 0.478 e. The average molecular weight is 239 g/mol. The summed E-state index contributed by atoms with van der Waals surface area (Å²) in [5.41, 5.74) is 0.164. The third-order valence-electron chi connectivity index (χ3n) is 2.40. The fourth-order valence-corrected chi connectivity index (χ4v) is 1.38. The van der Waals surface area contributed by atoms with Gasteiger partial charge in [0.05, 0.1) is 11.3 Å². The molecule has 0 unspecified atom stereocenters. The van der Waals surface area contributed by atoms with Gasteiger partial charge in [0.15, 0.2) is 0 Å². The van der Waals surface area contributed by atoms with Gasteiger partial charge in [-0.25, -0.2) is 14.8 Å². The topological polar surface area (TPSA) is 95.3 Å². The predicted molar refractivity (Wildman–Crippen MR) is 63.1 cm³/mol. The van der Waals surface area contributed by atoms with Crippen molar-refractivity contribution in [3.05, 3.63) is 17.5 Å². The highest BCUT2D eigenvalue weighted by molar-refractivity contribution is 5.88. The molecule has 1 aromatic heterocycles. The van der Waals surface area contributed by atoms with E-state index in [1.165, 1.54) is 6.20 Å². The molecule has 0 bridgehead atoms. The number of aromatic nitrogens is 2. The van der Waals surface area contributed by atoms with Crippen LogP contribution in [0.5, 0.6) is 0 Å². The molecule has 6 nitrogen and oxygen atoms in total. The number of nitrogens with zero attached hydrogens (tertiary/aromatic N) is 2. The van der Waals surface area contributed by atoms with Gasteiger partial charge in [-0.05, 0) is 27.2 Å². The quantitative estimate of drug-likeness (QED) is 0.711. The van der Waals surface area contributed by atoms with Crippen LogP contribution in [-0.2, 0) is 0 Å². The summed E-state index contributed by atoms with van der Waals surface area (Å²) in [5.74, 6) is -0.672. The normalized spacial score (nSPS) is 11.3. The number of aryl methyl sites for hydroxylation is 1. The minimum atomic E-state index is -1.04. The molecule has 3 N–H and O–H groups in total. The second-order valence-electron chi connectivity index (χ2n) is 4.48. The van der Waals surface area contributed by atoms with E-state index in [0.717, 1.165) is 0 Å². The van der Waals surface area contributed by atoms with Crippen molar-refractivity contribution in [2.45, 2.75) is 32.7 Å². The first kappa shape index (κ1) is 13.4. The van der Waals surface area contributed by atoms with Crippen molar-refractivity contribution in [1.29, 1.82) is 0 Å². The summed E-state index contributed by atoms with van der Waals surface area (Å²) in [6.45, 7) is 5.50. The number of aromatic carboxylic acids is 1. The zero-order chi connectivity index (χ0) is 13.1. The van der Waals surface area contributed by atoms with Crippen LogP contribution in [0.2, 0.25) is 0 Å². The van der Waals surface area contributed by atoms with Crippen molar-refractivity contribution in [3.63, 3.8) is 0 Å². The van der Waals surface area contributed by atoms with Crippen LogP contribution in [0.3, 0.4) is 0 Å². The number of anilines is 1. The molecule has 0 spiro atoms. The van der Waals surface area contributed by atoms with E-state index in [1.54, 1.807) is 6.92 Å². The number of carboxylic acids is 1. The van der Waals surface area contributed by atoms with Crippen LogP contribution in [0.25, 0.3) is 0 Å². The third-order valence-corrected chi connectivity index (χ3v) is 2.40. The number of hydrogen-bond donors (Lipinski definition) is 3. The van der Waals surface area contributed by atoms with E-state index in [4.69, 9.17) is 10.2 Å². The molecule has 1 rings (SSSR count). The van der Waals surface area contributed by atoms with Gasteiger partial charge < -0.3 is 15.5 Å². The number of carboxylic acid groups (broad SMARTS) is 1. The van der Waals surface area contributed by atoms with Crippen LogP contribution in [0, 0.1) is 6.92 Å². The van der Waals surface area contributed by atoms with Gasteiger partial charge >= 0.3 is 5.97 Å². The number of carbonyl (C=O) groups is 1. The Morgan fingerprint density at radius 3 is 2.65 bits per heavy atom. The van der Waals surface area contributed by atoms with Crippen molar-refractivity contribution in [2.75, 3.05) is 11.9 Å². The van der Waals surface area contributed by atoms with E-state index >= 15 is 0 Å². The van der Waals surface area contributed by atoms with Crippen LogP contribution in [0.1, 0.15) is 36.3 Å². The van der Waals surface area contributed by atoms with Crippen molar-refractivity contribution >= 4 is 11.9 Å². The van der Waals surface area contributed by atoms with Crippen LogP contribution >= 0.6 is 0 Å². The minimum absolute atomic E-state index is 0.0617. The molecule has 1 aromatic rings. The Bertz CT molecular complexity index is 418. The SMILES string of the molecule is Cc1nc(NC(C)(C)CCO)ncc1C(=O)O. The molecule has 0 atom stereocenters. The Morgan fingerprint density at radius 1 is 1.53 bits per heavy atom. The second-order valence-corrected chi connectivity index (χ2v) is 4.48. The van der Waals surface area contributed by atoms with E-state index in [1.807, 2.05) is 13.8 Å². The molecule has 0 radical (unpaired) electrons. The molecule has 94 valence electrons. The number of aliphatic hydroxyl groups excluding tert-OH is 1. The lowest BCUT2D eigenvalue weighted by atomic mass is 10.0. The predicted octanol–water partition coefficient (Wildman–Crippen LogP) is 1.06. The summed E-state index contributed by atoms with van der Waals surface area (Å²) in [4.78, 5) is 18.8. The van der Waals surface area contributed by atoms with E-state index in [9.17, 15) is 4.79 Å². The van der Waals surface area contributed by atoms with Crippen molar-refractivity contribution in [1.82, 2.24) is 9.97 Å².